The van der Waals surface area contributed by atoms with Crippen molar-refractivity contribution in [2.75, 3.05) is 0 Å². The molecule has 84 valence electrons. The number of aromatic nitrogens is 2. The minimum atomic E-state index is -0.421. The van der Waals surface area contributed by atoms with Crippen LogP contribution >= 0.6 is 0 Å². The third-order valence-electron chi connectivity index (χ3n) is 3.55. The van der Waals surface area contributed by atoms with E-state index in [1.54, 1.807) is 0 Å². The maximum atomic E-state index is 10.4. The Bertz CT molecular complexity index is 330. The smallest absolute Gasteiger partial charge is 0.0676 e. The van der Waals surface area contributed by atoms with Gasteiger partial charge < -0.3 is 5.11 Å². The first-order valence-corrected chi connectivity index (χ1v) is 5.84. The van der Waals surface area contributed by atoms with Gasteiger partial charge >= 0.3 is 0 Å². The summed E-state index contributed by atoms with van der Waals surface area (Å²) in [6.45, 7) is 2.08. The lowest BCUT2D eigenvalue weighted by atomic mass is 9.88. The Kier molecular flexibility index (Phi) is 2.83. The van der Waals surface area contributed by atoms with Gasteiger partial charge in [-0.3, -0.25) is 4.68 Å². The second-order valence-corrected chi connectivity index (χ2v) is 4.75. The van der Waals surface area contributed by atoms with Crippen molar-refractivity contribution in [3.63, 3.8) is 0 Å². The molecule has 1 aliphatic carbocycles. The van der Waals surface area contributed by atoms with E-state index in [1.165, 1.54) is 18.4 Å². The third kappa shape index (κ3) is 2.40. The van der Waals surface area contributed by atoms with Gasteiger partial charge in [0.25, 0.3) is 0 Å². The van der Waals surface area contributed by atoms with Crippen LogP contribution in [0, 0.1) is 5.92 Å². The summed E-state index contributed by atoms with van der Waals surface area (Å²) < 4.78 is 1.82. The molecule has 0 spiro atoms. The molecule has 1 atom stereocenters. The molecule has 1 fully saturated rings. The van der Waals surface area contributed by atoms with Crippen molar-refractivity contribution in [3.05, 3.63) is 18.0 Å². The van der Waals surface area contributed by atoms with E-state index in [9.17, 15) is 5.11 Å². The summed E-state index contributed by atoms with van der Waals surface area (Å²) in [4.78, 5) is 0. The van der Waals surface area contributed by atoms with Crippen LogP contribution < -0.4 is 0 Å². The monoisotopic (exact) mass is 208 g/mol. The van der Waals surface area contributed by atoms with Crippen LogP contribution in [0.3, 0.4) is 0 Å². The summed E-state index contributed by atoms with van der Waals surface area (Å²) in [6, 6.07) is 0. The largest absolute Gasteiger partial charge is 0.390 e. The van der Waals surface area contributed by atoms with Crippen LogP contribution in [0.25, 0.3) is 0 Å². The van der Waals surface area contributed by atoms with Gasteiger partial charge in [0.2, 0.25) is 0 Å². The molecule has 1 N–H and O–H groups in total. The summed E-state index contributed by atoms with van der Waals surface area (Å²) in [5.41, 5.74) is 0.806. The van der Waals surface area contributed by atoms with Gasteiger partial charge in [0.1, 0.15) is 0 Å². The number of aliphatic hydroxyl groups is 1. The van der Waals surface area contributed by atoms with E-state index in [0.29, 0.717) is 5.92 Å². The molecule has 3 heteroatoms. The van der Waals surface area contributed by atoms with Crippen molar-refractivity contribution in [2.24, 2.45) is 13.0 Å². The molecule has 0 radical (unpaired) electrons. The van der Waals surface area contributed by atoms with Crippen LogP contribution in [0.1, 0.15) is 38.2 Å². The molecule has 0 saturated heterocycles. The van der Waals surface area contributed by atoms with Crippen molar-refractivity contribution < 1.29 is 5.11 Å². The van der Waals surface area contributed by atoms with Gasteiger partial charge in [-0.15, -0.1) is 0 Å². The van der Waals surface area contributed by atoms with Crippen molar-refractivity contribution in [2.45, 2.75) is 44.6 Å². The lowest BCUT2D eigenvalue weighted by molar-refractivity contribution is 0.00548. The molecular formula is C12H20N2O. The van der Waals surface area contributed by atoms with E-state index >= 15 is 0 Å². The number of hydrogen-bond acceptors (Lipinski definition) is 2. The molecule has 0 amide bonds. The van der Waals surface area contributed by atoms with Crippen LogP contribution in [0.2, 0.25) is 0 Å². The summed E-state index contributed by atoms with van der Waals surface area (Å²) in [7, 11) is 1.93. The summed E-state index contributed by atoms with van der Waals surface area (Å²) in [6.07, 6.45) is 9.02. The van der Waals surface area contributed by atoms with Crippen LogP contribution in [0.15, 0.2) is 12.4 Å². The molecule has 0 bridgehead atoms. The molecule has 1 aromatic heterocycles. The van der Waals surface area contributed by atoms with E-state index in [0.717, 1.165) is 19.3 Å². The lowest BCUT2D eigenvalue weighted by Crippen LogP contribution is -2.30. The van der Waals surface area contributed by atoms with Crippen molar-refractivity contribution in [3.8, 4) is 0 Å². The Morgan fingerprint density at radius 1 is 1.60 bits per heavy atom. The fourth-order valence-corrected chi connectivity index (χ4v) is 2.25. The molecule has 1 saturated carbocycles. The van der Waals surface area contributed by atoms with Gasteiger partial charge in [0, 0.05) is 13.2 Å². The molecule has 1 aromatic rings. The van der Waals surface area contributed by atoms with E-state index < -0.39 is 5.60 Å². The minimum absolute atomic E-state index is 0.421. The molecule has 0 aromatic carbocycles. The fourth-order valence-electron chi connectivity index (χ4n) is 2.25. The van der Waals surface area contributed by atoms with E-state index in [2.05, 4.69) is 12.0 Å². The Balaban J connectivity index is 1.91. The SMILES string of the molecule is CCC(O)(CCc1cnn(C)c1)C1CC1. The first-order valence-electron chi connectivity index (χ1n) is 5.84. The predicted octanol–water partition coefficient (Wildman–Crippen LogP) is 1.90. The summed E-state index contributed by atoms with van der Waals surface area (Å²) >= 11 is 0. The van der Waals surface area contributed by atoms with E-state index in [1.807, 2.05) is 24.1 Å². The van der Waals surface area contributed by atoms with Crippen molar-refractivity contribution in [1.29, 1.82) is 0 Å². The van der Waals surface area contributed by atoms with Gasteiger partial charge in [0.05, 0.1) is 11.8 Å². The zero-order valence-electron chi connectivity index (χ0n) is 9.61. The maximum Gasteiger partial charge on any atom is 0.0676 e. The second-order valence-electron chi connectivity index (χ2n) is 4.75. The molecule has 2 rings (SSSR count). The molecular weight excluding hydrogens is 188 g/mol. The summed E-state index contributed by atoms with van der Waals surface area (Å²) in [5.74, 6) is 0.555. The third-order valence-corrected chi connectivity index (χ3v) is 3.55. The maximum absolute atomic E-state index is 10.4. The van der Waals surface area contributed by atoms with Gasteiger partial charge in [-0.05, 0) is 43.6 Å². The number of nitrogens with zero attached hydrogens (tertiary/aromatic N) is 2. The number of aryl methyl sites for hydroxylation is 2. The van der Waals surface area contributed by atoms with Crippen LogP contribution in [0.5, 0.6) is 0 Å². The highest BCUT2D eigenvalue weighted by Gasteiger charge is 2.41. The first kappa shape index (κ1) is 10.7. The average molecular weight is 208 g/mol. The highest BCUT2D eigenvalue weighted by atomic mass is 16.3. The topological polar surface area (TPSA) is 38.1 Å². The Morgan fingerprint density at radius 2 is 2.33 bits per heavy atom. The molecule has 1 heterocycles. The van der Waals surface area contributed by atoms with Crippen molar-refractivity contribution in [1.82, 2.24) is 9.78 Å². The summed E-state index contributed by atoms with van der Waals surface area (Å²) in [5, 5.41) is 14.5. The zero-order valence-corrected chi connectivity index (χ0v) is 9.61. The van der Waals surface area contributed by atoms with Crippen molar-refractivity contribution >= 4 is 0 Å². The Hall–Kier alpha value is -0.830. The van der Waals surface area contributed by atoms with Crippen LogP contribution in [-0.2, 0) is 13.5 Å². The van der Waals surface area contributed by atoms with Gasteiger partial charge in [-0.2, -0.15) is 5.10 Å². The molecule has 3 nitrogen and oxygen atoms in total. The van der Waals surface area contributed by atoms with E-state index in [4.69, 9.17) is 0 Å². The Morgan fingerprint density at radius 3 is 2.80 bits per heavy atom. The van der Waals surface area contributed by atoms with Gasteiger partial charge in [-0.25, -0.2) is 0 Å². The molecule has 0 aliphatic heterocycles. The van der Waals surface area contributed by atoms with Gasteiger partial charge in [-0.1, -0.05) is 6.92 Å². The fraction of sp³-hybridized carbons (Fsp3) is 0.750. The van der Waals surface area contributed by atoms with Crippen LogP contribution in [-0.4, -0.2) is 20.5 Å². The highest BCUT2D eigenvalue weighted by molar-refractivity contribution is 5.06. The average Bonchev–Trinajstić information content (AvgIpc) is 3.00. The number of rotatable bonds is 5. The first-order chi connectivity index (χ1) is 7.14. The standard InChI is InChI=1S/C12H20N2O/c1-3-12(15,11-4-5-11)7-6-10-8-13-14(2)9-10/h8-9,11,15H,3-7H2,1-2H3. The molecule has 1 aliphatic rings. The Labute approximate surface area is 91.1 Å². The predicted molar refractivity (Wildman–Crippen MR) is 59.5 cm³/mol. The van der Waals surface area contributed by atoms with E-state index in [-0.39, 0.29) is 0 Å². The lowest BCUT2D eigenvalue weighted by Gasteiger charge is -2.26. The quantitative estimate of drug-likeness (QED) is 0.802. The normalized spacial score (nSPS) is 20.2. The second kappa shape index (κ2) is 3.97. The number of hydrogen-bond donors (Lipinski definition) is 1. The highest BCUT2D eigenvalue weighted by Crippen LogP contribution is 2.43. The van der Waals surface area contributed by atoms with Gasteiger partial charge in [0.15, 0.2) is 0 Å². The van der Waals surface area contributed by atoms with Crippen LogP contribution in [0.4, 0.5) is 0 Å². The molecule has 15 heavy (non-hydrogen) atoms. The minimum Gasteiger partial charge on any atom is -0.390 e. The molecule has 1 unspecified atom stereocenters. The zero-order chi connectivity index (χ0) is 10.9.